The van der Waals surface area contributed by atoms with E-state index < -0.39 is 0 Å². The Hall–Kier alpha value is -3.29. The first kappa shape index (κ1) is 16.6. The summed E-state index contributed by atoms with van der Waals surface area (Å²) in [6.45, 7) is 5.70. The number of amides is 2. The Morgan fingerprint density at radius 3 is 2.68 bits per heavy atom. The maximum absolute atomic E-state index is 12.3. The van der Waals surface area contributed by atoms with Crippen molar-refractivity contribution in [1.82, 2.24) is 25.3 Å². The number of nitrogens with one attached hydrogen (secondary N) is 2. The molecule has 0 aromatic carbocycles. The van der Waals surface area contributed by atoms with Crippen LogP contribution in [0.1, 0.15) is 20.8 Å². The molecule has 0 aliphatic heterocycles. The van der Waals surface area contributed by atoms with E-state index in [1.807, 2.05) is 39.0 Å². The van der Waals surface area contributed by atoms with Crippen molar-refractivity contribution in [2.75, 3.05) is 11.1 Å². The van der Waals surface area contributed by atoms with Crippen molar-refractivity contribution in [3.05, 3.63) is 36.8 Å². The number of pyridine rings is 2. The number of carbonyl (C=O) groups excluding carboxylic acids is 1. The van der Waals surface area contributed by atoms with Crippen molar-refractivity contribution < 1.29 is 4.79 Å². The van der Waals surface area contributed by atoms with Gasteiger partial charge in [0.05, 0.1) is 0 Å². The van der Waals surface area contributed by atoms with E-state index in [1.54, 1.807) is 18.6 Å². The molecule has 0 atom stereocenters. The van der Waals surface area contributed by atoms with Crippen molar-refractivity contribution in [2.45, 2.75) is 26.3 Å². The van der Waals surface area contributed by atoms with Crippen molar-refractivity contribution in [3.63, 3.8) is 0 Å². The van der Waals surface area contributed by atoms with Crippen LogP contribution in [0.25, 0.3) is 22.2 Å². The van der Waals surface area contributed by atoms with E-state index in [0.29, 0.717) is 11.5 Å². The van der Waals surface area contributed by atoms with Gasteiger partial charge in [-0.15, -0.1) is 0 Å². The lowest BCUT2D eigenvalue weighted by Crippen LogP contribution is -2.43. The molecule has 3 heterocycles. The molecule has 0 aliphatic rings. The van der Waals surface area contributed by atoms with E-state index in [4.69, 9.17) is 5.73 Å². The summed E-state index contributed by atoms with van der Waals surface area (Å²) in [4.78, 5) is 29.0. The molecule has 0 unspecified atom stereocenters. The second kappa shape index (κ2) is 6.31. The Balaban J connectivity index is 2.08. The number of aromatic nitrogens is 4. The predicted molar refractivity (Wildman–Crippen MR) is 96.9 cm³/mol. The topological polar surface area (TPSA) is 119 Å². The first-order chi connectivity index (χ1) is 11.8. The fourth-order valence-corrected chi connectivity index (χ4v) is 2.29. The average Bonchev–Trinajstić information content (AvgIpc) is 2.53. The average molecular weight is 337 g/mol. The number of hydrogen-bond donors (Lipinski definition) is 3. The van der Waals surface area contributed by atoms with Gasteiger partial charge in [0.1, 0.15) is 5.82 Å². The molecular weight excluding hydrogens is 318 g/mol. The smallest absolute Gasteiger partial charge is 0.320 e. The molecule has 3 aromatic rings. The third kappa shape index (κ3) is 3.97. The van der Waals surface area contributed by atoms with Crippen LogP contribution < -0.4 is 16.4 Å². The summed E-state index contributed by atoms with van der Waals surface area (Å²) in [5.74, 6) is 0.500. The lowest BCUT2D eigenvalue weighted by atomic mass is 10.1. The van der Waals surface area contributed by atoms with E-state index in [-0.39, 0.29) is 17.5 Å². The maximum atomic E-state index is 12.3. The molecule has 4 N–H and O–H groups in total. The fraction of sp³-hybridized carbons (Fsp3) is 0.235. The van der Waals surface area contributed by atoms with Crippen LogP contribution in [0.5, 0.6) is 0 Å². The number of carbonyl (C=O) groups is 1. The molecule has 0 saturated heterocycles. The highest BCUT2D eigenvalue weighted by Gasteiger charge is 2.17. The van der Waals surface area contributed by atoms with Crippen molar-refractivity contribution in [2.24, 2.45) is 0 Å². The van der Waals surface area contributed by atoms with E-state index in [9.17, 15) is 4.79 Å². The van der Waals surface area contributed by atoms with Gasteiger partial charge in [0.15, 0.2) is 5.65 Å². The standard InChI is InChI=1S/C17H19N7O/c1-17(2,3)24-16(25)23-14-12(10-5-4-6-19-8-10)7-11-9-20-15(18)22-13(11)21-14/h4-9H,1-3H3,(H4,18,20,21,22,23,24,25). The van der Waals surface area contributed by atoms with Gasteiger partial charge in [-0.1, -0.05) is 6.07 Å². The van der Waals surface area contributed by atoms with Crippen molar-refractivity contribution in [1.29, 1.82) is 0 Å². The van der Waals surface area contributed by atoms with Gasteiger partial charge in [-0.05, 0) is 32.9 Å². The normalized spacial score (nSPS) is 11.3. The monoisotopic (exact) mass is 337 g/mol. The number of nitrogens with zero attached hydrogens (tertiary/aromatic N) is 4. The van der Waals surface area contributed by atoms with Crippen LogP contribution >= 0.6 is 0 Å². The highest BCUT2D eigenvalue weighted by atomic mass is 16.2. The van der Waals surface area contributed by atoms with Crippen LogP contribution in [-0.2, 0) is 0 Å². The molecule has 0 aliphatic carbocycles. The van der Waals surface area contributed by atoms with Crippen LogP contribution in [0.3, 0.4) is 0 Å². The maximum Gasteiger partial charge on any atom is 0.320 e. The molecule has 3 rings (SSSR count). The van der Waals surface area contributed by atoms with Crippen LogP contribution in [0.4, 0.5) is 16.6 Å². The first-order valence-electron chi connectivity index (χ1n) is 7.75. The van der Waals surface area contributed by atoms with E-state index in [2.05, 4.69) is 30.6 Å². The summed E-state index contributed by atoms with van der Waals surface area (Å²) in [5, 5.41) is 6.35. The number of nitrogens with two attached hydrogens (primary N) is 1. The van der Waals surface area contributed by atoms with Gasteiger partial charge < -0.3 is 11.1 Å². The molecule has 0 bridgehead atoms. The molecule has 3 aromatic heterocycles. The largest absolute Gasteiger partial charge is 0.368 e. The predicted octanol–water partition coefficient (Wildman–Crippen LogP) is 2.59. The summed E-state index contributed by atoms with van der Waals surface area (Å²) in [5.41, 5.74) is 7.21. The second-order valence-corrected chi connectivity index (χ2v) is 6.60. The fourth-order valence-electron chi connectivity index (χ4n) is 2.29. The molecule has 0 radical (unpaired) electrons. The zero-order chi connectivity index (χ0) is 18.0. The summed E-state index contributed by atoms with van der Waals surface area (Å²) in [6, 6.07) is 5.20. The van der Waals surface area contributed by atoms with Gasteiger partial charge in [0.25, 0.3) is 0 Å². The molecular formula is C17H19N7O. The number of urea groups is 1. The highest BCUT2D eigenvalue weighted by Crippen LogP contribution is 2.29. The minimum absolute atomic E-state index is 0.124. The van der Waals surface area contributed by atoms with Gasteiger partial charge in [-0.25, -0.2) is 14.8 Å². The molecule has 2 amide bonds. The Labute approximate surface area is 144 Å². The highest BCUT2D eigenvalue weighted by molar-refractivity contribution is 5.96. The molecule has 0 saturated carbocycles. The minimum Gasteiger partial charge on any atom is -0.368 e. The van der Waals surface area contributed by atoms with Gasteiger partial charge in [0, 0.05) is 40.6 Å². The summed E-state index contributed by atoms with van der Waals surface area (Å²) >= 11 is 0. The molecule has 8 heteroatoms. The number of hydrogen-bond acceptors (Lipinski definition) is 6. The first-order valence-corrected chi connectivity index (χ1v) is 7.75. The third-order valence-corrected chi connectivity index (χ3v) is 3.28. The number of nitrogen functional groups attached to an aromatic ring is 1. The Morgan fingerprint density at radius 1 is 1.20 bits per heavy atom. The molecule has 0 fully saturated rings. The number of fused-ring (bicyclic) bond motifs is 1. The van der Waals surface area contributed by atoms with Crippen LogP contribution in [0, 0.1) is 0 Å². The van der Waals surface area contributed by atoms with Crippen LogP contribution in [0.15, 0.2) is 36.8 Å². The summed E-state index contributed by atoms with van der Waals surface area (Å²) < 4.78 is 0. The summed E-state index contributed by atoms with van der Waals surface area (Å²) in [6.07, 6.45) is 4.98. The zero-order valence-corrected chi connectivity index (χ0v) is 14.2. The van der Waals surface area contributed by atoms with Gasteiger partial charge in [0.2, 0.25) is 5.95 Å². The van der Waals surface area contributed by atoms with Gasteiger partial charge in [-0.2, -0.15) is 4.98 Å². The lowest BCUT2D eigenvalue weighted by molar-refractivity contribution is 0.243. The van der Waals surface area contributed by atoms with Gasteiger partial charge in [-0.3, -0.25) is 10.3 Å². The Morgan fingerprint density at radius 2 is 2.00 bits per heavy atom. The third-order valence-electron chi connectivity index (χ3n) is 3.28. The Bertz CT molecular complexity index is 919. The Kier molecular flexibility index (Phi) is 4.18. The van der Waals surface area contributed by atoms with Crippen LogP contribution in [0.2, 0.25) is 0 Å². The van der Waals surface area contributed by atoms with Crippen molar-refractivity contribution in [3.8, 4) is 11.1 Å². The zero-order valence-electron chi connectivity index (χ0n) is 14.2. The van der Waals surface area contributed by atoms with E-state index >= 15 is 0 Å². The summed E-state index contributed by atoms with van der Waals surface area (Å²) in [7, 11) is 0. The quantitative estimate of drug-likeness (QED) is 0.661. The van der Waals surface area contributed by atoms with E-state index in [0.717, 1.165) is 16.5 Å². The minimum atomic E-state index is -0.373. The lowest BCUT2D eigenvalue weighted by Gasteiger charge is -2.21. The van der Waals surface area contributed by atoms with Gasteiger partial charge >= 0.3 is 6.03 Å². The van der Waals surface area contributed by atoms with E-state index in [1.165, 1.54) is 0 Å². The molecule has 8 nitrogen and oxygen atoms in total. The molecule has 25 heavy (non-hydrogen) atoms. The second-order valence-electron chi connectivity index (χ2n) is 6.60. The number of rotatable bonds is 2. The molecule has 0 spiro atoms. The SMILES string of the molecule is CC(C)(C)NC(=O)Nc1nc2nc(N)ncc2cc1-c1cccnc1. The number of anilines is 2. The van der Waals surface area contributed by atoms with Crippen LogP contribution in [-0.4, -0.2) is 31.5 Å². The van der Waals surface area contributed by atoms with Crippen molar-refractivity contribution >= 4 is 28.8 Å². The molecule has 128 valence electrons.